The Labute approximate surface area is 101 Å². The van der Waals surface area contributed by atoms with Gasteiger partial charge in [-0.05, 0) is 40.2 Å². The second kappa shape index (κ2) is 5.99. The van der Waals surface area contributed by atoms with Crippen LogP contribution in [-0.2, 0) is 4.74 Å². The van der Waals surface area contributed by atoms with Gasteiger partial charge in [0.15, 0.2) is 0 Å². The van der Waals surface area contributed by atoms with Crippen LogP contribution < -0.4 is 5.32 Å². The van der Waals surface area contributed by atoms with E-state index in [1.807, 2.05) is 0 Å². The molecule has 0 amide bonds. The molecule has 1 N–H and O–H groups in total. The van der Waals surface area contributed by atoms with Gasteiger partial charge in [0.2, 0.25) is 0 Å². The molecule has 0 aliphatic carbocycles. The monoisotopic (exact) mass is 228 g/mol. The van der Waals surface area contributed by atoms with E-state index in [4.69, 9.17) is 4.74 Å². The minimum Gasteiger partial charge on any atom is -0.379 e. The molecule has 0 spiro atoms. The van der Waals surface area contributed by atoms with Crippen molar-refractivity contribution in [1.29, 1.82) is 0 Å². The molecule has 3 heteroatoms. The summed E-state index contributed by atoms with van der Waals surface area (Å²) in [7, 11) is 0. The molecular formula is C13H28N2O. The van der Waals surface area contributed by atoms with Gasteiger partial charge in [0.05, 0.1) is 13.2 Å². The van der Waals surface area contributed by atoms with E-state index in [9.17, 15) is 0 Å². The first-order valence-electron chi connectivity index (χ1n) is 6.45. The van der Waals surface area contributed by atoms with Gasteiger partial charge < -0.3 is 10.1 Å². The Balaban J connectivity index is 2.24. The van der Waals surface area contributed by atoms with Crippen molar-refractivity contribution in [3.8, 4) is 0 Å². The molecule has 0 saturated carbocycles. The van der Waals surface area contributed by atoms with E-state index in [2.05, 4.69) is 44.8 Å². The van der Waals surface area contributed by atoms with Gasteiger partial charge in [-0.1, -0.05) is 6.92 Å². The minimum absolute atomic E-state index is 0.227. The van der Waals surface area contributed by atoms with Crippen LogP contribution in [0.4, 0.5) is 0 Å². The van der Waals surface area contributed by atoms with Gasteiger partial charge in [-0.15, -0.1) is 0 Å². The molecule has 0 radical (unpaired) electrons. The van der Waals surface area contributed by atoms with Gasteiger partial charge in [0.1, 0.15) is 0 Å². The first-order valence-corrected chi connectivity index (χ1v) is 6.45. The summed E-state index contributed by atoms with van der Waals surface area (Å²) >= 11 is 0. The van der Waals surface area contributed by atoms with Gasteiger partial charge in [-0.25, -0.2) is 0 Å². The van der Waals surface area contributed by atoms with E-state index in [1.54, 1.807) is 0 Å². The minimum atomic E-state index is 0.227. The molecule has 0 aromatic rings. The standard InChI is InChI=1S/C13H28N2O/c1-11(8-14-13(3,4)5)9-15-6-7-16-10-12(15)2/h11-12,14H,6-10H2,1-5H3. The van der Waals surface area contributed by atoms with Crippen LogP contribution in [-0.4, -0.2) is 49.3 Å². The van der Waals surface area contributed by atoms with Crippen LogP contribution in [0, 0.1) is 5.92 Å². The molecule has 2 unspecified atom stereocenters. The number of morpholine rings is 1. The van der Waals surface area contributed by atoms with Crippen LogP contribution in [0.5, 0.6) is 0 Å². The normalized spacial score (nSPS) is 25.7. The van der Waals surface area contributed by atoms with Crippen LogP contribution >= 0.6 is 0 Å². The molecule has 1 saturated heterocycles. The third kappa shape index (κ3) is 5.28. The lowest BCUT2D eigenvalue weighted by Gasteiger charge is -2.35. The Hall–Kier alpha value is -0.120. The lowest BCUT2D eigenvalue weighted by molar-refractivity contribution is -0.00638. The smallest absolute Gasteiger partial charge is 0.0619 e. The molecule has 1 aliphatic rings. The molecule has 96 valence electrons. The van der Waals surface area contributed by atoms with Crippen molar-refractivity contribution in [3.05, 3.63) is 0 Å². The highest BCUT2D eigenvalue weighted by molar-refractivity contribution is 4.76. The number of nitrogens with zero attached hydrogens (tertiary/aromatic N) is 1. The van der Waals surface area contributed by atoms with Crippen LogP contribution in [0.1, 0.15) is 34.6 Å². The second-order valence-corrected chi connectivity index (χ2v) is 6.15. The van der Waals surface area contributed by atoms with Crippen LogP contribution in [0.2, 0.25) is 0 Å². The van der Waals surface area contributed by atoms with Gasteiger partial charge in [0, 0.05) is 24.7 Å². The number of nitrogens with one attached hydrogen (secondary N) is 1. The summed E-state index contributed by atoms with van der Waals surface area (Å²) in [5, 5.41) is 3.57. The Morgan fingerprint density at radius 3 is 2.69 bits per heavy atom. The van der Waals surface area contributed by atoms with Gasteiger partial charge in [0.25, 0.3) is 0 Å². The molecular weight excluding hydrogens is 200 g/mol. The van der Waals surface area contributed by atoms with E-state index in [1.165, 1.54) is 6.54 Å². The zero-order valence-electron chi connectivity index (χ0n) is 11.5. The summed E-state index contributed by atoms with van der Waals surface area (Å²) in [6.07, 6.45) is 0. The Morgan fingerprint density at radius 1 is 1.44 bits per heavy atom. The first-order chi connectivity index (χ1) is 7.38. The molecule has 1 rings (SSSR count). The predicted molar refractivity (Wildman–Crippen MR) is 68.8 cm³/mol. The number of rotatable bonds is 4. The fraction of sp³-hybridized carbons (Fsp3) is 1.00. The average molecular weight is 228 g/mol. The molecule has 0 aromatic heterocycles. The van der Waals surface area contributed by atoms with Crippen molar-refractivity contribution in [1.82, 2.24) is 10.2 Å². The summed E-state index contributed by atoms with van der Waals surface area (Å²) < 4.78 is 5.45. The summed E-state index contributed by atoms with van der Waals surface area (Å²) in [4.78, 5) is 2.54. The molecule has 1 fully saturated rings. The molecule has 16 heavy (non-hydrogen) atoms. The highest BCUT2D eigenvalue weighted by Crippen LogP contribution is 2.10. The summed E-state index contributed by atoms with van der Waals surface area (Å²) in [5.41, 5.74) is 0.227. The lowest BCUT2D eigenvalue weighted by atomic mass is 10.1. The quantitative estimate of drug-likeness (QED) is 0.793. The van der Waals surface area contributed by atoms with Crippen molar-refractivity contribution in [2.24, 2.45) is 5.92 Å². The third-order valence-corrected chi connectivity index (χ3v) is 3.03. The fourth-order valence-corrected chi connectivity index (χ4v) is 1.98. The average Bonchev–Trinajstić information content (AvgIpc) is 2.18. The molecule has 2 atom stereocenters. The SMILES string of the molecule is CC(CNC(C)(C)C)CN1CCOCC1C. The first kappa shape index (κ1) is 13.9. The summed E-state index contributed by atoms with van der Waals surface area (Å²) in [6.45, 7) is 16.4. The molecule has 0 bridgehead atoms. The predicted octanol–water partition coefficient (Wildman–Crippen LogP) is 1.73. The Morgan fingerprint density at radius 2 is 2.12 bits per heavy atom. The van der Waals surface area contributed by atoms with E-state index in [-0.39, 0.29) is 5.54 Å². The van der Waals surface area contributed by atoms with E-state index in [0.29, 0.717) is 12.0 Å². The zero-order valence-corrected chi connectivity index (χ0v) is 11.5. The zero-order chi connectivity index (χ0) is 12.2. The van der Waals surface area contributed by atoms with Crippen molar-refractivity contribution in [2.45, 2.75) is 46.2 Å². The summed E-state index contributed by atoms with van der Waals surface area (Å²) in [6, 6.07) is 0.575. The molecule has 0 aromatic carbocycles. The van der Waals surface area contributed by atoms with Gasteiger partial charge in [-0.2, -0.15) is 0 Å². The van der Waals surface area contributed by atoms with Crippen LogP contribution in [0.3, 0.4) is 0 Å². The van der Waals surface area contributed by atoms with Crippen LogP contribution in [0.25, 0.3) is 0 Å². The van der Waals surface area contributed by atoms with Crippen molar-refractivity contribution in [2.75, 3.05) is 32.8 Å². The van der Waals surface area contributed by atoms with Gasteiger partial charge >= 0.3 is 0 Å². The van der Waals surface area contributed by atoms with Crippen molar-refractivity contribution in [3.63, 3.8) is 0 Å². The van der Waals surface area contributed by atoms with Crippen molar-refractivity contribution < 1.29 is 4.74 Å². The van der Waals surface area contributed by atoms with Gasteiger partial charge in [-0.3, -0.25) is 4.90 Å². The number of ether oxygens (including phenoxy) is 1. The highest BCUT2D eigenvalue weighted by atomic mass is 16.5. The number of hydrogen-bond acceptors (Lipinski definition) is 3. The maximum absolute atomic E-state index is 5.45. The lowest BCUT2D eigenvalue weighted by Crippen LogP contribution is -2.47. The maximum atomic E-state index is 5.45. The van der Waals surface area contributed by atoms with E-state index >= 15 is 0 Å². The molecule has 1 heterocycles. The summed E-state index contributed by atoms with van der Waals surface area (Å²) in [5.74, 6) is 0.694. The topological polar surface area (TPSA) is 24.5 Å². The Bertz CT molecular complexity index is 201. The maximum Gasteiger partial charge on any atom is 0.0619 e. The van der Waals surface area contributed by atoms with Crippen molar-refractivity contribution >= 4 is 0 Å². The largest absolute Gasteiger partial charge is 0.379 e. The molecule has 1 aliphatic heterocycles. The fourth-order valence-electron chi connectivity index (χ4n) is 1.98. The highest BCUT2D eigenvalue weighted by Gasteiger charge is 2.21. The Kier molecular flexibility index (Phi) is 5.22. The third-order valence-electron chi connectivity index (χ3n) is 3.03. The van der Waals surface area contributed by atoms with E-state index < -0.39 is 0 Å². The molecule has 3 nitrogen and oxygen atoms in total. The number of hydrogen-bond donors (Lipinski definition) is 1. The van der Waals surface area contributed by atoms with Crippen LogP contribution in [0.15, 0.2) is 0 Å². The van der Waals surface area contributed by atoms with E-state index in [0.717, 1.165) is 26.3 Å². The second-order valence-electron chi connectivity index (χ2n) is 6.15.